The lowest BCUT2D eigenvalue weighted by molar-refractivity contribution is -0.139. The first-order chi connectivity index (χ1) is 12.9. The molecule has 0 bridgehead atoms. The topological polar surface area (TPSA) is 90.7 Å². The highest BCUT2D eigenvalue weighted by molar-refractivity contribution is 8.00. The van der Waals surface area contributed by atoms with Crippen molar-refractivity contribution in [1.82, 2.24) is 13.9 Å². The summed E-state index contributed by atoms with van der Waals surface area (Å²) in [7, 11) is -2.23. The number of thioether (sulfide) groups is 1. The Morgan fingerprint density at radius 2 is 2.07 bits per heavy atom. The van der Waals surface area contributed by atoms with E-state index in [1.54, 1.807) is 25.1 Å². The van der Waals surface area contributed by atoms with Gasteiger partial charge in [0, 0.05) is 19.6 Å². The molecule has 10 heteroatoms. The second-order valence-corrected chi connectivity index (χ2v) is 9.33. The van der Waals surface area contributed by atoms with Gasteiger partial charge in [-0.15, -0.1) is 0 Å². The maximum Gasteiger partial charge on any atom is 0.318 e. The second-order valence-electron chi connectivity index (χ2n) is 6.09. The van der Waals surface area contributed by atoms with Gasteiger partial charge >= 0.3 is 5.97 Å². The number of aromatic nitrogens is 2. The predicted molar refractivity (Wildman–Crippen MR) is 102 cm³/mol. The van der Waals surface area contributed by atoms with E-state index in [2.05, 4.69) is 4.98 Å². The number of aryl methyl sites for hydroxylation is 1. The van der Waals surface area contributed by atoms with Crippen molar-refractivity contribution in [3.63, 3.8) is 0 Å². The lowest BCUT2D eigenvalue weighted by atomic mass is 10.3. The van der Waals surface area contributed by atoms with Crippen LogP contribution in [0.1, 0.15) is 13.8 Å². The molecule has 0 N–H and O–H groups in total. The van der Waals surface area contributed by atoms with Crippen LogP contribution in [0.5, 0.6) is 0 Å². The van der Waals surface area contributed by atoms with E-state index in [0.717, 1.165) is 5.52 Å². The normalized spacial score (nSPS) is 17.1. The third-order valence-electron chi connectivity index (χ3n) is 4.42. The van der Waals surface area contributed by atoms with Crippen molar-refractivity contribution in [2.45, 2.75) is 35.7 Å². The van der Waals surface area contributed by atoms with Crippen LogP contribution < -0.4 is 0 Å². The quantitative estimate of drug-likeness (QED) is 0.526. The number of imidazole rings is 1. The summed E-state index contributed by atoms with van der Waals surface area (Å²) in [5, 5.41) is 0.250. The summed E-state index contributed by atoms with van der Waals surface area (Å²) in [5.74, 6) is -0.328. The minimum Gasteiger partial charge on any atom is -0.468 e. The van der Waals surface area contributed by atoms with Gasteiger partial charge in [0.1, 0.15) is 5.25 Å². The van der Waals surface area contributed by atoms with Gasteiger partial charge in [-0.25, -0.2) is 13.4 Å². The summed E-state index contributed by atoms with van der Waals surface area (Å²) in [6.45, 7) is 5.89. The van der Waals surface area contributed by atoms with E-state index in [0.29, 0.717) is 43.5 Å². The van der Waals surface area contributed by atoms with Crippen LogP contribution in [0.4, 0.5) is 0 Å². The van der Waals surface area contributed by atoms with Gasteiger partial charge in [-0.1, -0.05) is 11.8 Å². The molecule has 27 heavy (non-hydrogen) atoms. The van der Waals surface area contributed by atoms with Gasteiger partial charge in [0.25, 0.3) is 0 Å². The number of ether oxygens (including phenoxy) is 2. The maximum atomic E-state index is 12.9. The largest absolute Gasteiger partial charge is 0.468 e. The predicted octanol–water partition coefficient (Wildman–Crippen LogP) is 1.73. The molecule has 0 saturated carbocycles. The summed E-state index contributed by atoms with van der Waals surface area (Å²) in [6, 6.07) is 4.98. The highest BCUT2D eigenvalue weighted by Crippen LogP contribution is 2.29. The fourth-order valence-electron chi connectivity index (χ4n) is 2.95. The van der Waals surface area contributed by atoms with Crippen LogP contribution in [0.15, 0.2) is 28.3 Å². The highest BCUT2D eigenvalue weighted by atomic mass is 32.2. The average Bonchev–Trinajstić information content (AvgIpc) is 3.03. The van der Waals surface area contributed by atoms with Gasteiger partial charge in [-0.05, 0) is 32.0 Å². The number of rotatable bonds is 6. The molecule has 0 spiro atoms. The van der Waals surface area contributed by atoms with Crippen LogP contribution >= 0.6 is 11.8 Å². The van der Waals surface area contributed by atoms with Gasteiger partial charge in [0.05, 0.1) is 36.3 Å². The van der Waals surface area contributed by atoms with Gasteiger partial charge in [0.15, 0.2) is 5.16 Å². The van der Waals surface area contributed by atoms with Gasteiger partial charge in [-0.2, -0.15) is 4.31 Å². The van der Waals surface area contributed by atoms with E-state index in [1.807, 2.05) is 11.5 Å². The van der Waals surface area contributed by atoms with Crippen molar-refractivity contribution in [2.24, 2.45) is 0 Å². The molecular formula is C17H23N3O5S2. The lowest BCUT2D eigenvalue weighted by Gasteiger charge is -2.26. The Balaban J connectivity index is 1.97. The average molecular weight is 414 g/mol. The fraction of sp³-hybridized carbons (Fsp3) is 0.529. The highest BCUT2D eigenvalue weighted by Gasteiger charge is 2.27. The molecule has 1 atom stereocenters. The number of methoxy groups -OCH3 is 1. The minimum absolute atomic E-state index is 0.218. The maximum absolute atomic E-state index is 12.9. The van der Waals surface area contributed by atoms with Crippen molar-refractivity contribution in [1.29, 1.82) is 0 Å². The van der Waals surface area contributed by atoms with E-state index in [4.69, 9.17) is 9.47 Å². The molecule has 2 aromatic rings. The first kappa shape index (κ1) is 20.1. The second kappa shape index (κ2) is 8.17. The molecule has 1 aromatic heterocycles. The van der Waals surface area contributed by atoms with Crippen molar-refractivity contribution in [2.75, 3.05) is 33.4 Å². The van der Waals surface area contributed by atoms with Gasteiger partial charge in [0.2, 0.25) is 10.0 Å². The summed E-state index contributed by atoms with van der Waals surface area (Å²) in [5.41, 5.74) is 1.42. The number of hydrogen-bond donors (Lipinski definition) is 0. The number of benzene rings is 1. The molecule has 1 saturated heterocycles. The number of sulfonamides is 1. The molecule has 1 aliphatic heterocycles. The zero-order valence-electron chi connectivity index (χ0n) is 15.5. The molecule has 1 aliphatic rings. The standard InChI is InChI=1S/C17H23N3O5S2/c1-4-20-15-6-5-13(27(22,23)19-7-9-25-10-8-19)11-14(15)18-17(20)26-12(2)16(21)24-3/h5-6,11-12H,4,7-10H2,1-3H3. The van der Waals surface area contributed by atoms with Gasteiger partial charge in [-0.3, -0.25) is 4.79 Å². The zero-order chi connectivity index (χ0) is 19.6. The molecule has 2 heterocycles. The Morgan fingerprint density at radius 1 is 1.37 bits per heavy atom. The van der Waals surface area contributed by atoms with Crippen LogP contribution in [0, 0.1) is 0 Å². The number of nitrogens with zero attached hydrogens (tertiary/aromatic N) is 3. The van der Waals surface area contributed by atoms with Crippen LogP contribution in [-0.2, 0) is 30.8 Å². The number of carbonyl (C=O) groups is 1. The molecule has 0 radical (unpaired) electrons. The molecule has 148 valence electrons. The first-order valence-corrected chi connectivity index (χ1v) is 11.0. The Kier molecular flexibility index (Phi) is 6.09. The Bertz CT molecular complexity index is 935. The van der Waals surface area contributed by atoms with Crippen molar-refractivity contribution >= 4 is 38.8 Å². The third-order valence-corrected chi connectivity index (χ3v) is 7.39. The van der Waals surface area contributed by atoms with Crippen molar-refractivity contribution < 1.29 is 22.7 Å². The molecule has 1 fully saturated rings. The van der Waals surface area contributed by atoms with Crippen LogP contribution in [0.3, 0.4) is 0 Å². The summed E-state index contributed by atoms with van der Waals surface area (Å²) < 4.78 is 39.1. The molecule has 0 aliphatic carbocycles. The molecule has 0 amide bonds. The van der Waals surface area contributed by atoms with E-state index < -0.39 is 15.3 Å². The number of carbonyl (C=O) groups excluding carboxylic acids is 1. The summed E-state index contributed by atoms with van der Waals surface area (Å²) in [4.78, 5) is 16.5. The van der Waals surface area contributed by atoms with Gasteiger partial charge < -0.3 is 14.0 Å². The molecular weight excluding hydrogens is 390 g/mol. The van der Waals surface area contributed by atoms with E-state index >= 15 is 0 Å². The molecule has 3 rings (SSSR count). The Morgan fingerprint density at radius 3 is 2.70 bits per heavy atom. The minimum atomic E-state index is -3.58. The van der Waals surface area contributed by atoms with Crippen molar-refractivity contribution in [3.05, 3.63) is 18.2 Å². The Hall–Kier alpha value is -1.62. The number of fused-ring (bicyclic) bond motifs is 1. The molecule has 8 nitrogen and oxygen atoms in total. The monoisotopic (exact) mass is 413 g/mol. The summed E-state index contributed by atoms with van der Waals surface area (Å²) in [6.07, 6.45) is 0. The SMILES string of the molecule is CCn1c(SC(C)C(=O)OC)nc2cc(S(=O)(=O)N3CCOCC3)ccc21. The summed E-state index contributed by atoms with van der Waals surface area (Å²) >= 11 is 1.30. The van der Waals surface area contributed by atoms with Crippen LogP contribution in [-0.4, -0.2) is 66.9 Å². The number of esters is 1. The van der Waals surface area contributed by atoms with Crippen LogP contribution in [0.2, 0.25) is 0 Å². The first-order valence-electron chi connectivity index (χ1n) is 8.71. The third kappa shape index (κ3) is 3.98. The lowest BCUT2D eigenvalue weighted by Crippen LogP contribution is -2.40. The number of morpholine rings is 1. The Labute approximate surface area is 162 Å². The smallest absolute Gasteiger partial charge is 0.318 e. The van der Waals surface area contributed by atoms with E-state index in [1.165, 1.54) is 23.2 Å². The molecule has 1 aromatic carbocycles. The van der Waals surface area contributed by atoms with E-state index in [9.17, 15) is 13.2 Å². The fourth-order valence-corrected chi connectivity index (χ4v) is 5.39. The van der Waals surface area contributed by atoms with Crippen molar-refractivity contribution in [3.8, 4) is 0 Å². The zero-order valence-corrected chi connectivity index (χ0v) is 17.2. The molecule has 1 unspecified atom stereocenters. The van der Waals surface area contributed by atoms with E-state index in [-0.39, 0.29) is 10.9 Å². The number of hydrogen-bond acceptors (Lipinski definition) is 7. The van der Waals surface area contributed by atoms with Crippen LogP contribution in [0.25, 0.3) is 11.0 Å².